The van der Waals surface area contributed by atoms with Crippen LogP contribution in [-0.2, 0) is 19.1 Å². The van der Waals surface area contributed by atoms with Gasteiger partial charge in [-0.25, -0.2) is 19.6 Å². The van der Waals surface area contributed by atoms with E-state index >= 15 is 0 Å². The summed E-state index contributed by atoms with van der Waals surface area (Å²) in [6, 6.07) is 17.5. The Labute approximate surface area is 337 Å². The third kappa shape index (κ3) is 10.6. The Bertz CT molecular complexity index is 2260. The number of carbonyl (C=O) groups excluding carboxylic acids is 4. The highest BCUT2D eigenvalue weighted by Gasteiger charge is 2.32. The largest absolute Gasteiger partial charge is 0.453 e. The standard InChI is InChI=1S/C29H26N6O4.C11H20N2O3.C3H8/c1-39-29(38)31-15-26(36)35-10-2-3-25(35)27-30-14-24(34-27)21-7-6-17-11-18(4-5-19(17)12-21)20-8-9-23-22(13-20)28(37)33-16-32-23;1-8(2)9(12-11(15)16-3)10(14)13-6-4-5-7-13;1-3-2/h4-9,11-14,16,25H,2-3,10,15H2,1H3,(H,30,34)(H,31,38)(H,32,33,37);8-9H,4-7H2,1-3H3,(H,12,15);3H2,1-2H3/t25-;;/m0../s1. The smallest absolute Gasteiger partial charge is 0.407 e. The Morgan fingerprint density at radius 2 is 1.48 bits per heavy atom. The zero-order valence-corrected chi connectivity index (χ0v) is 34.1. The van der Waals surface area contributed by atoms with Crippen molar-refractivity contribution in [2.45, 2.75) is 71.9 Å². The summed E-state index contributed by atoms with van der Waals surface area (Å²) >= 11 is 0. The van der Waals surface area contributed by atoms with Gasteiger partial charge in [0, 0.05) is 25.2 Å². The molecular formula is C43H54N8O7. The van der Waals surface area contributed by atoms with E-state index in [0.29, 0.717) is 17.4 Å². The number of likely N-dealkylation sites (tertiary alicyclic amines) is 2. The van der Waals surface area contributed by atoms with E-state index in [0.717, 1.165) is 77.8 Å². The summed E-state index contributed by atoms with van der Waals surface area (Å²) < 4.78 is 9.08. The van der Waals surface area contributed by atoms with E-state index in [4.69, 9.17) is 0 Å². The molecule has 0 bridgehead atoms. The van der Waals surface area contributed by atoms with Gasteiger partial charge in [-0.05, 0) is 77.8 Å². The van der Waals surface area contributed by atoms with Gasteiger partial charge < -0.3 is 39.9 Å². The zero-order valence-electron chi connectivity index (χ0n) is 34.1. The van der Waals surface area contributed by atoms with Crippen LogP contribution in [0.4, 0.5) is 9.59 Å². The van der Waals surface area contributed by atoms with Crippen molar-refractivity contribution in [3.8, 4) is 22.4 Å². The first kappa shape index (κ1) is 42.9. The molecule has 5 aromatic rings. The normalized spacial score (nSPS) is 15.3. The number of hydrogen-bond acceptors (Lipinski definition) is 9. The van der Waals surface area contributed by atoms with E-state index in [1.165, 1.54) is 27.0 Å². The molecule has 0 spiro atoms. The predicted octanol–water partition coefficient (Wildman–Crippen LogP) is 6.56. The van der Waals surface area contributed by atoms with E-state index in [2.05, 4.69) is 78.2 Å². The van der Waals surface area contributed by atoms with Crippen LogP contribution in [0.25, 0.3) is 44.1 Å². The lowest BCUT2D eigenvalue weighted by atomic mass is 9.98. The number of methoxy groups -OCH3 is 2. The minimum absolute atomic E-state index is 0.00194. The molecule has 2 saturated heterocycles. The number of hydrogen-bond donors (Lipinski definition) is 4. The van der Waals surface area contributed by atoms with Crippen molar-refractivity contribution in [1.82, 2.24) is 40.4 Å². The third-order valence-corrected chi connectivity index (χ3v) is 9.99. The molecule has 1 unspecified atom stereocenters. The minimum Gasteiger partial charge on any atom is -0.453 e. The number of imidazole rings is 1. The maximum absolute atomic E-state index is 12.7. The molecule has 2 aromatic heterocycles. The van der Waals surface area contributed by atoms with Gasteiger partial charge in [0.05, 0.1) is 49.4 Å². The lowest BCUT2D eigenvalue weighted by molar-refractivity contribution is -0.133. The van der Waals surface area contributed by atoms with Crippen LogP contribution in [0.1, 0.15) is 71.7 Å². The number of amides is 4. The molecule has 0 radical (unpaired) electrons. The molecule has 0 saturated carbocycles. The summed E-state index contributed by atoms with van der Waals surface area (Å²) in [6.07, 6.45) is 7.04. The topological polar surface area (TPSA) is 192 Å². The van der Waals surface area contributed by atoms with Crippen LogP contribution in [0.3, 0.4) is 0 Å². The molecule has 2 aliphatic rings. The third-order valence-electron chi connectivity index (χ3n) is 9.99. The highest BCUT2D eigenvalue weighted by atomic mass is 16.5. The summed E-state index contributed by atoms with van der Waals surface area (Å²) in [7, 11) is 2.56. The van der Waals surface area contributed by atoms with Crippen LogP contribution in [0.2, 0.25) is 0 Å². The molecular weight excluding hydrogens is 741 g/mol. The van der Waals surface area contributed by atoms with Crippen molar-refractivity contribution in [3.05, 3.63) is 83.3 Å². The molecule has 3 aromatic carbocycles. The maximum atomic E-state index is 12.7. The average molecular weight is 795 g/mol. The van der Waals surface area contributed by atoms with E-state index in [-0.39, 0.29) is 35.9 Å². The van der Waals surface area contributed by atoms with E-state index in [1.54, 1.807) is 16.0 Å². The Hall–Kier alpha value is -6.25. The van der Waals surface area contributed by atoms with Crippen LogP contribution in [0.15, 0.2) is 71.9 Å². The van der Waals surface area contributed by atoms with Gasteiger partial charge >= 0.3 is 12.2 Å². The lowest BCUT2D eigenvalue weighted by Crippen LogP contribution is -2.50. The number of aromatic amines is 2. The number of ether oxygens (including phenoxy) is 2. The second-order valence-electron chi connectivity index (χ2n) is 14.6. The molecule has 58 heavy (non-hydrogen) atoms. The molecule has 7 rings (SSSR count). The number of H-pyrrole nitrogens is 2. The van der Waals surface area contributed by atoms with Crippen molar-refractivity contribution < 1.29 is 28.7 Å². The van der Waals surface area contributed by atoms with Gasteiger partial charge in [-0.3, -0.25) is 14.4 Å². The zero-order chi connectivity index (χ0) is 41.8. The van der Waals surface area contributed by atoms with Gasteiger partial charge in [0.25, 0.3) is 5.56 Å². The van der Waals surface area contributed by atoms with Crippen LogP contribution >= 0.6 is 0 Å². The highest BCUT2D eigenvalue weighted by molar-refractivity contribution is 5.92. The molecule has 0 aliphatic carbocycles. The van der Waals surface area contributed by atoms with E-state index in [1.807, 2.05) is 44.2 Å². The fourth-order valence-corrected chi connectivity index (χ4v) is 7.00. The summed E-state index contributed by atoms with van der Waals surface area (Å²) in [4.78, 5) is 77.9. The Kier molecular flexibility index (Phi) is 15.0. The number of fused-ring (bicyclic) bond motifs is 2. The van der Waals surface area contributed by atoms with Crippen molar-refractivity contribution >= 4 is 45.7 Å². The van der Waals surface area contributed by atoms with Crippen LogP contribution in [-0.4, -0.2) is 100 Å². The quantitative estimate of drug-likeness (QED) is 0.135. The first-order valence-corrected chi connectivity index (χ1v) is 19.8. The summed E-state index contributed by atoms with van der Waals surface area (Å²) in [5, 5.41) is 7.74. The van der Waals surface area contributed by atoms with Gasteiger partial charge in [0.2, 0.25) is 11.8 Å². The van der Waals surface area contributed by atoms with Crippen LogP contribution in [0, 0.1) is 5.92 Å². The van der Waals surface area contributed by atoms with Crippen molar-refractivity contribution in [2.75, 3.05) is 40.4 Å². The summed E-state index contributed by atoms with van der Waals surface area (Å²) in [5.74, 6) is 0.616. The van der Waals surface area contributed by atoms with Crippen LogP contribution < -0.4 is 16.2 Å². The number of rotatable bonds is 8. The molecule has 2 fully saturated rings. The first-order chi connectivity index (χ1) is 28.0. The fourth-order valence-electron chi connectivity index (χ4n) is 7.00. The lowest BCUT2D eigenvalue weighted by Gasteiger charge is -2.26. The van der Waals surface area contributed by atoms with Gasteiger partial charge in [-0.1, -0.05) is 64.4 Å². The Morgan fingerprint density at radius 1 is 0.845 bits per heavy atom. The number of alkyl carbamates (subject to hydrolysis) is 2. The number of benzene rings is 3. The molecule has 4 amide bonds. The molecule has 2 atom stereocenters. The first-order valence-electron chi connectivity index (χ1n) is 19.8. The monoisotopic (exact) mass is 794 g/mol. The molecule has 15 heteroatoms. The molecule has 15 nitrogen and oxygen atoms in total. The SMILES string of the molecule is CCC.COC(=O)NC(C(=O)N1CCCC1)C(C)C.COC(=O)NCC(=O)N1CCC[C@H]1c1ncc(-c2ccc3cc(-c4ccc5nc[nH]c(=O)c5c4)ccc3c2)[nH]1. The fraction of sp³-hybridized carbons (Fsp3) is 0.419. The molecule has 4 N–H and O–H groups in total. The Morgan fingerprint density at radius 3 is 2.16 bits per heavy atom. The van der Waals surface area contributed by atoms with Gasteiger partial charge in [0.1, 0.15) is 18.4 Å². The molecule has 2 aliphatic heterocycles. The second kappa shape index (κ2) is 20.3. The van der Waals surface area contributed by atoms with Crippen molar-refractivity contribution in [2.24, 2.45) is 5.92 Å². The van der Waals surface area contributed by atoms with Crippen molar-refractivity contribution in [3.63, 3.8) is 0 Å². The van der Waals surface area contributed by atoms with Crippen molar-refractivity contribution in [1.29, 1.82) is 0 Å². The summed E-state index contributed by atoms with van der Waals surface area (Å²) in [6.45, 7) is 10.2. The predicted molar refractivity (Wildman–Crippen MR) is 223 cm³/mol. The number of carbonyl (C=O) groups is 4. The average Bonchev–Trinajstić information content (AvgIpc) is 4.05. The maximum Gasteiger partial charge on any atom is 0.407 e. The Balaban J connectivity index is 0.000000282. The van der Waals surface area contributed by atoms with E-state index in [9.17, 15) is 24.0 Å². The van der Waals surface area contributed by atoms with Gasteiger partial charge in [0.15, 0.2) is 0 Å². The number of nitrogens with one attached hydrogen (secondary N) is 4. The second-order valence-corrected chi connectivity index (χ2v) is 14.6. The minimum atomic E-state index is -0.632. The number of nitrogens with zero attached hydrogens (tertiary/aromatic N) is 4. The highest BCUT2D eigenvalue weighted by Crippen LogP contribution is 2.33. The van der Waals surface area contributed by atoms with Crippen LogP contribution in [0.5, 0.6) is 0 Å². The molecule has 4 heterocycles. The summed E-state index contributed by atoms with van der Waals surface area (Å²) in [5.41, 5.74) is 4.31. The number of aromatic nitrogens is 4. The molecule has 308 valence electrons. The van der Waals surface area contributed by atoms with Gasteiger partial charge in [-0.2, -0.15) is 0 Å². The van der Waals surface area contributed by atoms with Gasteiger partial charge in [-0.15, -0.1) is 0 Å². The van der Waals surface area contributed by atoms with E-state index < -0.39 is 18.2 Å².